The number of hydrogen-bond donors (Lipinski definition) is 3. The van der Waals surface area contributed by atoms with Crippen molar-refractivity contribution >= 4 is 29.0 Å². The zero-order valence-corrected chi connectivity index (χ0v) is 12.7. The van der Waals surface area contributed by atoms with Gasteiger partial charge in [-0.25, -0.2) is 14.3 Å². The molecule has 0 fully saturated rings. The van der Waals surface area contributed by atoms with Crippen LogP contribution in [0.3, 0.4) is 0 Å². The molecule has 0 spiro atoms. The molecule has 3 aromatic rings. The Kier molecular flexibility index (Phi) is 3.96. The fraction of sp³-hybridized carbons (Fsp3) is 0.133. The number of rotatable bonds is 4. The van der Waals surface area contributed by atoms with Crippen molar-refractivity contribution in [3.63, 3.8) is 0 Å². The molecule has 0 aliphatic heterocycles. The van der Waals surface area contributed by atoms with Crippen molar-refractivity contribution in [3.05, 3.63) is 42.6 Å². The predicted octanol–water partition coefficient (Wildman–Crippen LogP) is 2.23. The molecule has 8 nitrogen and oxygen atoms in total. The lowest BCUT2D eigenvalue weighted by molar-refractivity contribution is 0.254. The molecule has 0 atom stereocenters. The molecule has 2 amide bonds. The van der Waals surface area contributed by atoms with Gasteiger partial charge in [0.2, 0.25) is 0 Å². The Morgan fingerprint density at radius 2 is 2.09 bits per heavy atom. The molecule has 2 aromatic heterocycles. The average Bonchev–Trinajstić information content (AvgIpc) is 2.96. The zero-order chi connectivity index (χ0) is 16.2. The molecule has 0 aliphatic carbocycles. The van der Waals surface area contributed by atoms with Crippen LogP contribution in [0.5, 0.6) is 5.75 Å². The number of fused-ring (bicyclic) bond motifs is 1. The van der Waals surface area contributed by atoms with Gasteiger partial charge in [-0.15, -0.1) is 5.10 Å². The third-order valence-corrected chi connectivity index (χ3v) is 3.13. The van der Waals surface area contributed by atoms with Gasteiger partial charge in [-0.3, -0.25) is 5.32 Å². The second-order valence-electron chi connectivity index (χ2n) is 4.71. The van der Waals surface area contributed by atoms with Crippen LogP contribution in [0.15, 0.2) is 42.6 Å². The largest absolute Gasteiger partial charge is 0.497 e. The second kappa shape index (κ2) is 6.22. The summed E-state index contributed by atoms with van der Waals surface area (Å²) in [6.07, 6.45) is 1.64. The second-order valence-corrected chi connectivity index (χ2v) is 4.71. The summed E-state index contributed by atoms with van der Waals surface area (Å²) in [4.78, 5) is 15.6. The van der Waals surface area contributed by atoms with Crippen LogP contribution in [0.4, 0.5) is 22.1 Å². The van der Waals surface area contributed by atoms with Crippen LogP contribution in [0.25, 0.3) is 5.65 Å². The molecule has 3 rings (SSSR count). The van der Waals surface area contributed by atoms with Crippen LogP contribution in [0, 0.1) is 0 Å². The lowest BCUT2D eigenvalue weighted by atomic mass is 10.3. The summed E-state index contributed by atoms with van der Waals surface area (Å²) in [7, 11) is 3.16. The number of ether oxygens (including phenoxy) is 1. The van der Waals surface area contributed by atoms with Crippen molar-refractivity contribution in [2.24, 2.45) is 0 Å². The number of urea groups is 1. The average molecular weight is 312 g/mol. The number of carbonyl (C=O) groups excluding carboxylic acids is 1. The van der Waals surface area contributed by atoms with E-state index in [0.29, 0.717) is 17.3 Å². The highest BCUT2D eigenvalue weighted by Gasteiger charge is 2.06. The van der Waals surface area contributed by atoms with Crippen LogP contribution in [-0.4, -0.2) is 34.8 Å². The first-order chi connectivity index (χ1) is 11.2. The highest BCUT2D eigenvalue weighted by molar-refractivity contribution is 5.88. The molecule has 0 unspecified atom stereocenters. The molecule has 0 saturated carbocycles. The monoisotopic (exact) mass is 312 g/mol. The molecule has 3 N–H and O–H groups in total. The van der Waals surface area contributed by atoms with E-state index in [2.05, 4.69) is 26.0 Å². The van der Waals surface area contributed by atoms with E-state index < -0.39 is 0 Å². The molecular formula is C15H16N6O2. The third-order valence-electron chi connectivity index (χ3n) is 3.13. The molecule has 0 saturated heterocycles. The summed E-state index contributed by atoms with van der Waals surface area (Å²) in [5, 5.41) is 12.7. The summed E-state index contributed by atoms with van der Waals surface area (Å²) in [5.74, 6) is 1.83. The number of benzene rings is 1. The summed E-state index contributed by atoms with van der Waals surface area (Å²) >= 11 is 0. The van der Waals surface area contributed by atoms with Gasteiger partial charge in [0.1, 0.15) is 5.75 Å². The minimum atomic E-state index is -0.330. The standard InChI is InChI=1S/C15H16N6O2/c1-16-15(22)19-13-9-21-14(18-13)7-6-12(20-21)17-10-4-3-5-11(8-10)23-2/h3-9H,1-2H3,(H,17,20)(H2,16,19,22). The van der Waals surface area contributed by atoms with Gasteiger partial charge in [0.25, 0.3) is 0 Å². The van der Waals surface area contributed by atoms with Gasteiger partial charge in [0.15, 0.2) is 17.3 Å². The van der Waals surface area contributed by atoms with Crippen molar-refractivity contribution in [1.82, 2.24) is 19.9 Å². The normalized spacial score (nSPS) is 10.3. The van der Waals surface area contributed by atoms with Gasteiger partial charge >= 0.3 is 6.03 Å². The third kappa shape index (κ3) is 3.31. The maximum Gasteiger partial charge on any atom is 0.320 e. The smallest absolute Gasteiger partial charge is 0.320 e. The maximum atomic E-state index is 11.3. The number of methoxy groups -OCH3 is 1. The van der Waals surface area contributed by atoms with Gasteiger partial charge in [0.05, 0.1) is 13.3 Å². The molecule has 8 heteroatoms. The van der Waals surface area contributed by atoms with Crippen LogP contribution in [-0.2, 0) is 0 Å². The lowest BCUT2D eigenvalue weighted by Crippen LogP contribution is -2.24. The summed E-state index contributed by atoms with van der Waals surface area (Å²) < 4.78 is 6.78. The lowest BCUT2D eigenvalue weighted by Gasteiger charge is -2.07. The Hall–Kier alpha value is -3.29. The van der Waals surface area contributed by atoms with Crippen molar-refractivity contribution in [3.8, 4) is 5.75 Å². The van der Waals surface area contributed by atoms with Gasteiger partial charge in [-0.1, -0.05) is 6.07 Å². The van der Waals surface area contributed by atoms with Crippen LogP contribution in [0.2, 0.25) is 0 Å². The first-order valence-electron chi connectivity index (χ1n) is 6.94. The highest BCUT2D eigenvalue weighted by Crippen LogP contribution is 2.20. The zero-order valence-electron chi connectivity index (χ0n) is 12.7. The van der Waals surface area contributed by atoms with Crippen LogP contribution < -0.4 is 20.7 Å². The molecule has 0 radical (unpaired) electrons. The highest BCUT2D eigenvalue weighted by atomic mass is 16.5. The van der Waals surface area contributed by atoms with Gasteiger partial charge in [0, 0.05) is 18.8 Å². The van der Waals surface area contributed by atoms with E-state index in [4.69, 9.17) is 4.74 Å². The van der Waals surface area contributed by atoms with E-state index in [9.17, 15) is 4.79 Å². The Balaban J connectivity index is 1.83. The first-order valence-corrected chi connectivity index (χ1v) is 6.94. The molecule has 23 heavy (non-hydrogen) atoms. The van der Waals surface area contributed by atoms with E-state index in [0.717, 1.165) is 11.4 Å². The molecule has 0 aliphatic rings. The van der Waals surface area contributed by atoms with Crippen LogP contribution >= 0.6 is 0 Å². The Labute approximate surface area is 132 Å². The van der Waals surface area contributed by atoms with Gasteiger partial charge in [-0.05, 0) is 24.3 Å². The van der Waals surface area contributed by atoms with Gasteiger partial charge < -0.3 is 15.4 Å². The minimum Gasteiger partial charge on any atom is -0.497 e. The molecule has 1 aromatic carbocycles. The van der Waals surface area contributed by atoms with E-state index in [1.54, 1.807) is 24.9 Å². The molecule has 118 valence electrons. The van der Waals surface area contributed by atoms with Crippen LogP contribution in [0.1, 0.15) is 0 Å². The van der Waals surface area contributed by atoms with E-state index in [-0.39, 0.29) is 6.03 Å². The Bertz CT molecular complexity index is 845. The maximum absolute atomic E-state index is 11.3. The molecule has 0 bridgehead atoms. The number of nitrogens with zero attached hydrogens (tertiary/aromatic N) is 3. The van der Waals surface area contributed by atoms with Crippen molar-refractivity contribution < 1.29 is 9.53 Å². The number of imidazole rings is 1. The SMILES string of the molecule is CNC(=O)Nc1cn2nc(Nc3cccc(OC)c3)ccc2n1. The van der Waals surface area contributed by atoms with Crippen molar-refractivity contribution in [1.29, 1.82) is 0 Å². The molecular weight excluding hydrogens is 296 g/mol. The fourth-order valence-electron chi connectivity index (χ4n) is 2.04. The number of carbonyl (C=O) groups is 1. The Morgan fingerprint density at radius 1 is 1.22 bits per heavy atom. The number of amides is 2. The van der Waals surface area contributed by atoms with Crippen molar-refractivity contribution in [2.45, 2.75) is 0 Å². The quantitative estimate of drug-likeness (QED) is 0.687. The number of nitrogens with one attached hydrogen (secondary N) is 3. The summed E-state index contributed by atoms with van der Waals surface area (Å²) in [6, 6.07) is 10.8. The first kappa shape index (κ1) is 14.6. The molecule has 2 heterocycles. The number of anilines is 3. The Morgan fingerprint density at radius 3 is 2.87 bits per heavy atom. The fourth-order valence-corrected chi connectivity index (χ4v) is 2.04. The number of aromatic nitrogens is 3. The van der Waals surface area contributed by atoms with E-state index in [1.165, 1.54) is 0 Å². The number of hydrogen-bond acceptors (Lipinski definition) is 5. The topological polar surface area (TPSA) is 92.6 Å². The summed E-state index contributed by atoms with van der Waals surface area (Å²) in [6.45, 7) is 0. The van der Waals surface area contributed by atoms with E-state index >= 15 is 0 Å². The van der Waals surface area contributed by atoms with Gasteiger partial charge in [-0.2, -0.15) is 0 Å². The van der Waals surface area contributed by atoms with E-state index in [1.807, 2.05) is 36.4 Å². The minimum absolute atomic E-state index is 0.330. The van der Waals surface area contributed by atoms with Crippen molar-refractivity contribution in [2.75, 3.05) is 24.8 Å². The summed E-state index contributed by atoms with van der Waals surface area (Å²) in [5.41, 5.74) is 1.49. The predicted molar refractivity (Wildman–Crippen MR) is 87.3 cm³/mol.